The van der Waals surface area contributed by atoms with Crippen LogP contribution in [0.5, 0.6) is 0 Å². The molecule has 2 aromatic rings. The van der Waals surface area contributed by atoms with Crippen molar-refractivity contribution >= 4 is 36.5 Å². The van der Waals surface area contributed by atoms with Crippen LogP contribution in [0.15, 0.2) is 36.5 Å². The maximum absolute atomic E-state index is 11.5. The summed E-state index contributed by atoms with van der Waals surface area (Å²) < 4.78 is 1.89. The Bertz CT molecular complexity index is 630. The number of nitrogens with one attached hydrogen (secondary N) is 1. The lowest BCUT2D eigenvalue weighted by Crippen LogP contribution is -2.26. The Morgan fingerprint density at radius 1 is 1.32 bits per heavy atom. The third-order valence-electron chi connectivity index (χ3n) is 3.76. The fraction of sp³-hybridized carbons (Fsp3) is 0.333. The van der Waals surface area contributed by atoms with Gasteiger partial charge in [-0.15, -0.1) is 24.8 Å². The lowest BCUT2D eigenvalue weighted by atomic mass is 9.88. The molecule has 0 saturated carbocycles. The quantitative estimate of drug-likeness (QED) is 0.900. The lowest BCUT2D eigenvalue weighted by Gasteiger charge is -2.27. The molecule has 0 fully saturated rings. The van der Waals surface area contributed by atoms with E-state index in [2.05, 4.69) is 34.7 Å². The smallest absolute Gasteiger partial charge is 0.239 e. The third-order valence-corrected chi connectivity index (χ3v) is 3.76. The fourth-order valence-corrected chi connectivity index (χ4v) is 2.84. The number of benzene rings is 1. The number of aromatic nitrogens is 2. The third kappa shape index (κ3) is 3.61. The highest BCUT2D eigenvalue weighted by molar-refractivity contribution is 5.91. The van der Waals surface area contributed by atoms with E-state index < -0.39 is 0 Å². The summed E-state index contributed by atoms with van der Waals surface area (Å²) in [6.45, 7) is -0.0214. The summed E-state index contributed by atoms with van der Waals surface area (Å²) in [5.41, 5.74) is 8.02. The van der Waals surface area contributed by atoms with Gasteiger partial charge in [0, 0.05) is 6.07 Å². The second-order valence-corrected chi connectivity index (χ2v) is 5.02. The van der Waals surface area contributed by atoms with Crippen molar-refractivity contribution in [2.45, 2.75) is 25.3 Å². The predicted molar refractivity (Wildman–Crippen MR) is 91.9 cm³/mol. The van der Waals surface area contributed by atoms with Gasteiger partial charge in [-0.25, -0.2) is 4.68 Å². The fourth-order valence-electron chi connectivity index (χ4n) is 2.84. The largest absolute Gasteiger partial charge is 0.322 e. The van der Waals surface area contributed by atoms with E-state index in [0.717, 1.165) is 19.3 Å². The van der Waals surface area contributed by atoms with Gasteiger partial charge < -0.3 is 11.1 Å². The van der Waals surface area contributed by atoms with Crippen LogP contribution in [0.1, 0.15) is 30.0 Å². The molecule has 0 aliphatic heterocycles. The van der Waals surface area contributed by atoms with Gasteiger partial charge in [0.15, 0.2) is 0 Å². The van der Waals surface area contributed by atoms with Crippen molar-refractivity contribution in [3.63, 3.8) is 0 Å². The lowest BCUT2D eigenvalue weighted by molar-refractivity contribution is -0.114. The number of halogens is 2. The summed E-state index contributed by atoms with van der Waals surface area (Å²) in [5.74, 6) is 0.512. The van der Waals surface area contributed by atoms with Crippen molar-refractivity contribution < 1.29 is 4.79 Å². The number of amides is 1. The number of carbonyl (C=O) groups is 1. The Kier molecular flexibility index (Phi) is 6.87. The molecule has 1 heterocycles. The number of aryl methyl sites for hydroxylation is 1. The standard InChI is InChI=1S/C15H18N4O.2ClH/c16-10-15(20)18-14-8-9-17-19(14)13-7-3-5-11-4-1-2-6-12(11)13;;/h1-2,4,6,8-9,13H,3,5,7,10,16H2,(H,18,20);2*1H. The van der Waals surface area contributed by atoms with E-state index >= 15 is 0 Å². The number of rotatable bonds is 3. The maximum atomic E-state index is 11.5. The minimum atomic E-state index is -0.198. The number of anilines is 1. The Labute approximate surface area is 142 Å². The van der Waals surface area contributed by atoms with E-state index in [-0.39, 0.29) is 43.3 Å². The summed E-state index contributed by atoms with van der Waals surface area (Å²) >= 11 is 0. The van der Waals surface area contributed by atoms with Crippen molar-refractivity contribution in [2.24, 2.45) is 5.73 Å². The van der Waals surface area contributed by atoms with Crippen LogP contribution in [-0.2, 0) is 11.2 Å². The van der Waals surface area contributed by atoms with E-state index in [1.165, 1.54) is 11.1 Å². The molecular weight excluding hydrogens is 323 g/mol. The molecule has 5 nitrogen and oxygen atoms in total. The van der Waals surface area contributed by atoms with Crippen LogP contribution in [0.3, 0.4) is 0 Å². The topological polar surface area (TPSA) is 72.9 Å². The number of hydrogen-bond donors (Lipinski definition) is 2. The molecule has 3 rings (SSSR count). The van der Waals surface area contributed by atoms with Crippen LogP contribution in [0.25, 0.3) is 0 Å². The van der Waals surface area contributed by atoms with E-state index in [4.69, 9.17) is 5.73 Å². The Balaban J connectivity index is 0.00000121. The average molecular weight is 343 g/mol. The van der Waals surface area contributed by atoms with Crippen LogP contribution in [0.4, 0.5) is 5.82 Å². The summed E-state index contributed by atoms with van der Waals surface area (Å²) in [6.07, 6.45) is 4.98. The van der Waals surface area contributed by atoms with Gasteiger partial charge in [-0.3, -0.25) is 4.79 Å². The summed E-state index contributed by atoms with van der Waals surface area (Å²) in [6, 6.07) is 10.4. The van der Waals surface area contributed by atoms with Crippen molar-refractivity contribution in [2.75, 3.05) is 11.9 Å². The maximum Gasteiger partial charge on any atom is 0.239 e. The Morgan fingerprint density at radius 3 is 2.86 bits per heavy atom. The van der Waals surface area contributed by atoms with Crippen LogP contribution in [0, 0.1) is 0 Å². The average Bonchev–Trinajstić information content (AvgIpc) is 2.94. The van der Waals surface area contributed by atoms with Crippen molar-refractivity contribution in [3.05, 3.63) is 47.7 Å². The van der Waals surface area contributed by atoms with Gasteiger partial charge in [0.1, 0.15) is 5.82 Å². The molecule has 1 aromatic heterocycles. The first-order chi connectivity index (χ1) is 9.79. The number of fused-ring (bicyclic) bond motifs is 1. The Hall–Kier alpha value is -1.56. The number of carbonyl (C=O) groups excluding carboxylic acids is 1. The van der Waals surface area contributed by atoms with Gasteiger partial charge in [-0.05, 0) is 30.4 Å². The molecule has 1 amide bonds. The SMILES string of the molecule is Cl.Cl.NCC(=O)Nc1ccnn1C1CCCc2ccccc21. The zero-order valence-corrected chi connectivity index (χ0v) is 13.7. The van der Waals surface area contributed by atoms with Crippen molar-refractivity contribution in [1.29, 1.82) is 0 Å². The molecule has 1 atom stereocenters. The number of hydrogen-bond acceptors (Lipinski definition) is 3. The first-order valence-electron chi connectivity index (χ1n) is 6.91. The molecule has 1 aliphatic carbocycles. The van der Waals surface area contributed by atoms with Crippen molar-refractivity contribution in [3.8, 4) is 0 Å². The molecule has 0 spiro atoms. The molecule has 0 saturated heterocycles. The second-order valence-electron chi connectivity index (χ2n) is 5.02. The molecule has 120 valence electrons. The number of nitrogens with zero attached hydrogens (tertiary/aromatic N) is 2. The predicted octanol–water partition coefficient (Wildman–Crippen LogP) is 2.55. The zero-order chi connectivity index (χ0) is 13.9. The molecule has 0 bridgehead atoms. The second kappa shape index (κ2) is 8.17. The van der Waals surface area contributed by atoms with Crippen LogP contribution < -0.4 is 11.1 Å². The van der Waals surface area contributed by atoms with Gasteiger partial charge in [0.2, 0.25) is 5.91 Å². The van der Waals surface area contributed by atoms with Crippen LogP contribution >= 0.6 is 24.8 Å². The zero-order valence-electron chi connectivity index (χ0n) is 12.1. The van der Waals surface area contributed by atoms with Gasteiger partial charge in [0.05, 0.1) is 18.8 Å². The van der Waals surface area contributed by atoms with Gasteiger partial charge in [0.25, 0.3) is 0 Å². The van der Waals surface area contributed by atoms with Crippen LogP contribution in [0.2, 0.25) is 0 Å². The molecule has 3 N–H and O–H groups in total. The first-order valence-corrected chi connectivity index (χ1v) is 6.91. The minimum Gasteiger partial charge on any atom is -0.322 e. The van der Waals surface area contributed by atoms with Gasteiger partial charge in [-0.1, -0.05) is 24.3 Å². The number of nitrogens with two attached hydrogens (primary N) is 1. The summed E-state index contributed by atoms with van der Waals surface area (Å²) in [7, 11) is 0. The first kappa shape index (κ1) is 18.5. The molecule has 0 radical (unpaired) electrons. The monoisotopic (exact) mass is 342 g/mol. The van der Waals surface area contributed by atoms with E-state index in [0.29, 0.717) is 5.82 Å². The summed E-state index contributed by atoms with van der Waals surface area (Å²) in [4.78, 5) is 11.5. The highest BCUT2D eigenvalue weighted by Crippen LogP contribution is 2.33. The molecule has 1 unspecified atom stereocenters. The normalized spacial score (nSPS) is 16.0. The Morgan fingerprint density at radius 2 is 2.09 bits per heavy atom. The minimum absolute atomic E-state index is 0. The molecule has 7 heteroatoms. The van der Waals surface area contributed by atoms with Gasteiger partial charge in [-0.2, -0.15) is 5.10 Å². The summed E-state index contributed by atoms with van der Waals surface area (Å²) in [5, 5.41) is 7.19. The molecule has 22 heavy (non-hydrogen) atoms. The van der Waals surface area contributed by atoms with E-state index in [1.54, 1.807) is 6.20 Å². The molecule has 1 aliphatic rings. The highest BCUT2D eigenvalue weighted by atomic mass is 35.5. The highest BCUT2D eigenvalue weighted by Gasteiger charge is 2.23. The van der Waals surface area contributed by atoms with E-state index in [9.17, 15) is 4.79 Å². The van der Waals surface area contributed by atoms with Crippen molar-refractivity contribution in [1.82, 2.24) is 9.78 Å². The van der Waals surface area contributed by atoms with Crippen LogP contribution in [-0.4, -0.2) is 22.2 Å². The molecular formula is C15H20Cl2N4O. The van der Waals surface area contributed by atoms with Gasteiger partial charge >= 0.3 is 0 Å². The molecule has 1 aromatic carbocycles. The van der Waals surface area contributed by atoms with E-state index in [1.807, 2.05) is 10.7 Å².